The zero-order valence-corrected chi connectivity index (χ0v) is 11.2. The van der Waals surface area contributed by atoms with E-state index < -0.39 is 0 Å². The Kier molecular flexibility index (Phi) is 6.32. The first kappa shape index (κ1) is 13.9. The van der Waals surface area contributed by atoms with Gasteiger partial charge in [-0.05, 0) is 46.6 Å². The van der Waals surface area contributed by atoms with Crippen LogP contribution in [0.25, 0.3) is 0 Å². The average molecular weight is 228 g/mol. The van der Waals surface area contributed by atoms with Gasteiger partial charge in [0.1, 0.15) is 0 Å². The van der Waals surface area contributed by atoms with Gasteiger partial charge >= 0.3 is 0 Å². The maximum absolute atomic E-state index is 9.16. The fourth-order valence-corrected chi connectivity index (χ4v) is 2.28. The van der Waals surface area contributed by atoms with Crippen LogP contribution in [0.3, 0.4) is 0 Å². The lowest BCUT2D eigenvalue weighted by molar-refractivity contribution is 0.105. The van der Waals surface area contributed by atoms with Gasteiger partial charge in [0.25, 0.3) is 0 Å². The van der Waals surface area contributed by atoms with E-state index in [9.17, 15) is 0 Å². The zero-order chi connectivity index (χ0) is 12.0. The Balaban J connectivity index is 2.04. The largest absolute Gasteiger partial charge is 0.393 e. The molecule has 0 aromatic rings. The minimum Gasteiger partial charge on any atom is -0.393 e. The Bertz CT molecular complexity index is 175. The topological polar surface area (TPSA) is 26.7 Å². The monoisotopic (exact) mass is 228 g/mol. The normalized spacial score (nSPS) is 21.6. The number of aliphatic hydroxyl groups excluding tert-OH is 1. The first-order valence-corrected chi connectivity index (χ1v) is 6.74. The van der Waals surface area contributed by atoms with Crippen molar-refractivity contribution in [2.45, 2.75) is 52.2 Å². The Hall–Kier alpha value is -0.120. The van der Waals surface area contributed by atoms with Crippen molar-refractivity contribution in [3.63, 3.8) is 0 Å². The van der Waals surface area contributed by atoms with E-state index in [1.54, 1.807) is 0 Å². The van der Waals surface area contributed by atoms with Gasteiger partial charge in [0.15, 0.2) is 0 Å². The molecule has 1 saturated heterocycles. The maximum atomic E-state index is 9.16. The van der Waals surface area contributed by atoms with Crippen molar-refractivity contribution >= 4 is 0 Å². The molecule has 0 aliphatic carbocycles. The van der Waals surface area contributed by atoms with E-state index in [1.165, 1.54) is 39.1 Å². The molecule has 1 rings (SSSR count). The summed E-state index contributed by atoms with van der Waals surface area (Å²) in [5.41, 5.74) is 0. The summed E-state index contributed by atoms with van der Waals surface area (Å²) < 4.78 is 0. The molecule has 0 spiro atoms. The number of rotatable bonds is 6. The van der Waals surface area contributed by atoms with Gasteiger partial charge in [-0.15, -0.1) is 0 Å². The standard InChI is InChI=1S/C13H28N2O/c1-12(2)15-10-8-14(9-11-15)7-5-4-6-13(3)16/h12-13,16H,4-11H2,1-3H3. The van der Waals surface area contributed by atoms with E-state index >= 15 is 0 Å². The molecule has 16 heavy (non-hydrogen) atoms. The van der Waals surface area contributed by atoms with E-state index in [0.29, 0.717) is 6.04 Å². The number of aliphatic hydroxyl groups is 1. The second-order valence-corrected chi connectivity index (χ2v) is 5.32. The van der Waals surface area contributed by atoms with Gasteiger partial charge in [-0.3, -0.25) is 4.90 Å². The highest BCUT2D eigenvalue weighted by Gasteiger charge is 2.17. The Morgan fingerprint density at radius 2 is 1.62 bits per heavy atom. The first-order valence-electron chi connectivity index (χ1n) is 6.74. The maximum Gasteiger partial charge on any atom is 0.0512 e. The van der Waals surface area contributed by atoms with Gasteiger partial charge in [-0.2, -0.15) is 0 Å². The van der Waals surface area contributed by atoms with Crippen molar-refractivity contribution < 1.29 is 5.11 Å². The van der Waals surface area contributed by atoms with Crippen molar-refractivity contribution in [2.24, 2.45) is 0 Å². The molecule has 1 N–H and O–H groups in total. The van der Waals surface area contributed by atoms with Crippen LogP contribution in [0, 0.1) is 0 Å². The van der Waals surface area contributed by atoms with Crippen molar-refractivity contribution in [3.8, 4) is 0 Å². The summed E-state index contributed by atoms with van der Waals surface area (Å²) in [7, 11) is 0. The molecule has 1 fully saturated rings. The molecule has 0 aromatic carbocycles. The van der Waals surface area contributed by atoms with Gasteiger partial charge in [-0.25, -0.2) is 0 Å². The van der Waals surface area contributed by atoms with E-state index in [4.69, 9.17) is 5.11 Å². The third kappa shape index (κ3) is 5.28. The summed E-state index contributed by atoms with van der Waals surface area (Å²) in [4.78, 5) is 5.10. The highest BCUT2D eigenvalue weighted by Crippen LogP contribution is 2.08. The first-order chi connectivity index (χ1) is 7.59. The minimum atomic E-state index is -0.127. The van der Waals surface area contributed by atoms with Crippen molar-refractivity contribution in [1.82, 2.24) is 9.80 Å². The molecular weight excluding hydrogens is 200 g/mol. The van der Waals surface area contributed by atoms with Crippen LogP contribution in [0.5, 0.6) is 0 Å². The van der Waals surface area contributed by atoms with Crippen molar-refractivity contribution in [3.05, 3.63) is 0 Å². The molecule has 3 nitrogen and oxygen atoms in total. The summed E-state index contributed by atoms with van der Waals surface area (Å²) in [6, 6.07) is 0.692. The smallest absolute Gasteiger partial charge is 0.0512 e. The Morgan fingerprint density at radius 3 is 2.12 bits per heavy atom. The molecule has 1 unspecified atom stereocenters. The molecule has 0 bridgehead atoms. The molecular formula is C13H28N2O. The quantitative estimate of drug-likeness (QED) is 0.699. The van der Waals surface area contributed by atoms with Crippen molar-refractivity contribution in [2.75, 3.05) is 32.7 Å². The zero-order valence-electron chi connectivity index (χ0n) is 11.2. The number of piperazine rings is 1. The molecule has 0 amide bonds. The lowest BCUT2D eigenvalue weighted by Gasteiger charge is -2.36. The summed E-state index contributed by atoms with van der Waals surface area (Å²) in [5.74, 6) is 0. The number of unbranched alkanes of at least 4 members (excludes halogenated alkanes) is 1. The van der Waals surface area contributed by atoms with Crippen molar-refractivity contribution in [1.29, 1.82) is 0 Å². The number of hydrogen-bond acceptors (Lipinski definition) is 3. The summed E-state index contributed by atoms with van der Waals surface area (Å²) in [5, 5.41) is 9.16. The van der Waals surface area contributed by atoms with E-state index in [0.717, 1.165) is 12.8 Å². The van der Waals surface area contributed by atoms with Gasteiger partial charge in [0, 0.05) is 32.2 Å². The SMILES string of the molecule is CC(O)CCCCN1CCN(C(C)C)CC1. The van der Waals surface area contributed by atoms with Crippen LogP contribution in [0.1, 0.15) is 40.0 Å². The third-order valence-corrected chi connectivity index (χ3v) is 3.48. The average Bonchev–Trinajstić information content (AvgIpc) is 2.25. The van der Waals surface area contributed by atoms with E-state index in [1.807, 2.05) is 6.92 Å². The lowest BCUT2D eigenvalue weighted by atomic mass is 10.1. The Morgan fingerprint density at radius 1 is 1.00 bits per heavy atom. The van der Waals surface area contributed by atoms with Crippen LogP contribution in [-0.2, 0) is 0 Å². The molecule has 1 aliphatic heterocycles. The second-order valence-electron chi connectivity index (χ2n) is 5.32. The molecule has 96 valence electrons. The van der Waals surface area contributed by atoms with Gasteiger partial charge in [0.05, 0.1) is 6.10 Å². The summed E-state index contributed by atoms with van der Waals surface area (Å²) >= 11 is 0. The van der Waals surface area contributed by atoms with Gasteiger partial charge in [0.2, 0.25) is 0 Å². The molecule has 3 heteroatoms. The molecule has 0 aromatic heterocycles. The molecule has 0 radical (unpaired) electrons. The molecule has 1 heterocycles. The number of nitrogens with zero attached hydrogens (tertiary/aromatic N) is 2. The van der Waals surface area contributed by atoms with E-state index in [-0.39, 0.29) is 6.10 Å². The highest BCUT2D eigenvalue weighted by molar-refractivity contribution is 4.74. The lowest BCUT2D eigenvalue weighted by Crippen LogP contribution is -2.48. The van der Waals surface area contributed by atoms with Crippen LogP contribution < -0.4 is 0 Å². The van der Waals surface area contributed by atoms with Gasteiger partial charge in [-0.1, -0.05) is 0 Å². The van der Waals surface area contributed by atoms with Crippen LogP contribution in [0.4, 0.5) is 0 Å². The second kappa shape index (κ2) is 7.25. The predicted molar refractivity (Wildman–Crippen MR) is 68.7 cm³/mol. The van der Waals surface area contributed by atoms with Crippen LogP contribution >= 0.6 is 0 Å². The van der Waals surface area contributed by atoms with E-state index in [2.05, 4.69) is 23.6 Å². The predicted octanol–water partition coefficient (Wildman–Crippen LogP) is 1.56. The minimum absolute atomic E-state index is 0.127. The van der Waals surface area contributed by atoms with Crippen LogP contribution in [0.2, 0.25) is 0 Å². The summed E-state index contributed by atoms with van der Waals surface area (Å²) in [6.07, 6.45) is 3.21. The molecule has 0 saturated carbocycles. The highest BCUT2D eigenvalue weighted by atomic mass is 16.3. The third-order valence-electron chi connectivity index (χ3n) is 3.48. The summed E-state index contributed by atoms with van der Waals surface area (Å²) in [6.45, 7) is 12.5. The van der Waals surface area contributed by atoms with Crippen LogP contribution in [-0.4, -0.2) is 59.8 Å². The fraction of sp³-hybridized carbons (Fsp3) is 1.00. The Labute approximate surface area is 100 Å². The number of hydrogen-bond donors (Lipinski definition) is 1. The fourth-order valence-electron chi connectivity index (χ4n) is 2.28. The van der Waals surface area contributed by atoms with Gasteiger partial charge < -0.3 is 10.0 Å². The molecule has 1 aliphatic rings. The van der Waals surface area contributed by atoms with Crippen LogP contribution in [0.15, 0.2) is 0 Å². The molecule has 1 atom stereocenters.